The number of nitrogens with one attached hydrogen (secondary N) is 2. The predicted octanol–water partition coefficient (Wildman–Crippen LogP) is 0.0704. The van der Waals surface area contributed by atoms with Crippen molar-refractivity contribution in [1.82, 2.24) is 10.3 Å². The van der Waals surface area contributed by atoms with Gasteiger partial charge < -0.3 is 18.6 Å². The van der Waals surface area contributed by atoms with Crippen molar-refractivity contribution in [3.8, 4) is 0 Å². The zero-order chi connectivity index (χ0) is 11.0. The maximum atomic E-state index is 11.3. The fourth-order valence-corrected chi connectivity index (χ4v) is 2.00. The lowest BCUT2D eigenvalue weighted by molar-refractivity contribution is 0.113. The second kappa shape index (κ2) is 6.77. The highest BCUT2D eigenvalue weighted by atomic mass is 28.4. The van der Waals surface area contributed by atoms with Crippen LogP contribution in [0, 0.1) is 0 Å². The van der Waals surface area contributed by atoms with Gasteiger partial charge in [0.05, 0.1) is 0 Å². The third kappa shape index (κ3) is 4.05. The molecule has 0 saturated carbocycles. The number of urea groups is 1. The van der Waals surface area contributed by atoms with Crippen molar-refractivity contribution in [1.29, 1.82) is 0 Å². The van der Waals surface area contributed by atoms with Crippen molar-refractivity contribution < 1.29 is 18.1 Å². The van der Waals surface area contributed by atoms with Gasteiger partial charge in [0.15, 0.2) is 0 Å². The molecule has 0 radical (unpaired) electrons. The number of hydrogen-bond donors (Lipinski definition) is 2. The maximum absolute atomic E-state index is 11.3. The number of carbonyl (C=O) groups excluding carboxylic acids is 1. The normalized spacial score (nSPS) is 11.1. The molecule has 84 valence electrons. The highest BCUT2D eigenvalue weighted by molar-refractivity contribution is 6.60. The molecule has 14 heavy (non-hydrogen) atoms. The second-order valence-electron chi connectivity index (χ2n) is 2.55. The zero-order valence-electron chi connectivity index (χ0n) is 9.05. The molecule has 0 aliphatic heterocycles. The summed E-state index contributed by atoms with van der Waals surface area (Å²) < 4.78 is 15.0. The summed E-state index contributed by atoms with van der Waals surface area (Å²) in [6, 6.07) is -0.343. The van der Waals surface area contributed by atoms with E-state index in [0.717, 1.165) is 6.42 Å². The van der Waals surface area contributed by atoms with Crippen LogP contribution in [0.2, 0.25) is 0 Å². The van der Waals surface area contributed by atoms with Gasteiger partial charge in [-0.05, 0) is 6.42 Å². The molecule has 0 unspecified atom stereocenters. The first-order valence-electron chi connectivity index (χ1n) is 4.35. The summed E-state index contributed by atoms with van der Waals surface area (Å²) in [5.41, 5.74) is 0. The molecular formula is C7H18N2O4Si. The van der Waals surface area contributed by atoms with Crippen molar-refractivity contribution in [3.05, 3.63) is 0 Å². The van der Waals surface area contributed by atoms with E-state index in [1.807, 2.05) is 6.92 Å². The van der Waals surface area contributed by atoms with Gasteiger partial charge in [0, 0.05) is 27.9 Å². The summed E-state index contributed by atoms with van der Waals surface area (Å²) >= 11 is 0. The van der Waals surface area contributed by atoms with E-state index >= 15 is 0 Å². The van der Waals surface area contributed by atoms with Crippen molar-refractivity contribution in [3.63, 3.8) is 0 Å². The Bertz CT molecular complexity index is 167. The molecule has 2 N–H and O–H groups in total. The van der Waals surface area contributed by atoms with Gasteiger partial charge in [-0.3, -0.25) is 4.98 Å². The van der Waals surface area contributed by atoms with E-state index in [0.29, 0.717) is 6.54 Å². The SMILES string of the molecule is CCCNC(=O)N[Si](OC)(OC)OC. The number of carbonyl (C=O) groups is 1. The largest absolute Gasteiger partial charge is 0.633 e. The minimum atomic E-state index is -2.99. The molecule has 0 spiro atoms. The molecule has 0 heterocycles. The lowest BCUT2D eigenvalue weighted by atomic mass is 10.5. The van der Waals surface area contributed by atoms with Crippen molar-refractivity contribution in [2.45, 2.75) is 13.3 Å². The van der Waals surface area contributed by atoms with E-state index in [4.69, 9.17) is 13.3 Å². The van der Waals surface area contributed by atoms with Gasteiger partial charge >= 0.3 is 15.0 Å². The van der Waals surface area contributed by atoms with Crippen LogP contribution in [0.3, 0.4) is 0 Å². The first-order chi connectivity index (χ1) is 6.64. The van der Waals surface area contributed by atoms with Gasteiger partial charge in [-0.2, -0.15) is 0 Å². The molecule has 2 amide bonds. The van der Waals surface area contributed by atoms with Gasteiger partial charge in [0.2, 0.25) is 0 Å². The molecule has 0 atom stereocenters. The van der Waals surface area contributed by atoms with Crippen LogP contribution in [0.15, 0.2) is 0 Å². The van der Waals surface area contributed by atoms with E-state index in [1.165, 1.54) is 21.3 Å². The van der Waals surface area contributed by atoms with Crippen LogP contribution in [0.5, 0.6) is 0 Å². The van der Waals surface area contributed by atoms with Crippen LogP contribution in [-0.4, -0.2) is 42.9 Å². The third-order valence-electron chi connectivity index (χ3n) is 1.61. The molecule has 0 saturated heterocycles. The summed E-state index contributed by atoms with van der Waals surface area (Å²) in [4.78, 5) is 13.8. The van der Waals surface area contributed by atoms with Crippen molar-refractivity contribution >= 4 is 15.0 Å². The highest BCUT2D eigenvalue weighted by Crippen LogP contribution is 2.00. The molecule has 0 fully saturated rings. The monoisotopic (exact) mass is 222 g/mol. The van der Waals surface area contributed by atoms with Gasteiger partial charge in [0.25, 0.3) is 0 Å². The second-order valence-corrected chi connectivity index (χ2v) is 5.14. The molecular weight excluding hydrogens is 204 g/mol. The van der Waals surface area contributed by atoms with Crippen molar-refractivity contribution in [2.75, 3.05) is 27.9 Å². The molecule has 0 rings (SSSR count). The number of hydrogen-bond acceptors (Lipinski definition) is 4. The molecule has 0 aromatic rings. The molecule has 6 nitrogen and oxygen atoms in total. The molecule has 0 bridgehead atoms. The molecule has 7 heteroatoms. The van der Waals surface area contributed by atoms with Gasteiger partial charge in [0.1, 0.15) is 0 Å². The summed E-state index contributed by atoms with van der Waals surface area (Å²) in [6.07, 6.45) is 0.870. The van der Waals surface area contributed by atoms with Crippen LogP contribution in [0.25, 0.3) is 0 Å². The van der Waals surface area contributed by atoms with Crippen LogP contribution >= 0.6 is 0 Å². The van der Waals surface area contributed by atoms with Gasteiger partial charge in [-0.15, -0.1) is 0 Å². The summed E-state index contributed by atoms with van der Waals surface area (Å²) in [7, 11) is 1.30. The first kappa shape index (κ1) is 13.4. The summed E-state index contributed by atoms with van der Waals surface area (Å²) in [6.45, 7) is 2.57. The van der Waals surface area contributed by atoms with E-state index in [9.17, 15) is 4.79 Å². The number of amides is 2. The third-order valence-corrected chi connectivity index (χ3v) is 3.75. The van der Waals surface area contributed by atoms with Crippen LogP contribution < -0.4 is 10.3 Å². The standard InChI is InChI=1S/C7H18N2O4Si/c1-5-6-8-7(10)9-14(11-2,12-3)13-4/h5-6H2,1-4H3,(H2,8,9,10). The lowest BCUT2D eigenvalue weighted by Gasteiger charge is -2.23. The van der Waals surface area contributed by atoms with Crippen LogP contribution in [0.1, 0.15) is 13.3 Å². The fourth-order valence-electron chi connectivity index (χ4n) is 0.825. The van der Waals surface area contributed by atoms with Crippen LogP contribution in [0.4, 0.5) is 4.79 Å². The molecule has 0 aliphatic carbocycles. The Morgan fingerprint density at radius 2 is 1.71 bits per heavy atom. The Balaban J connectivity index is 4.08. The topological polar surface area (TPSA) is 68.8 Å². The maximum Gasteiger partial charge on any atom is 0.633 e. The van der Waals surface area contributed by atoms with E-state index in [1.54, 1.807) is 0 Å². The zero-order valence-corrected chi connectivity index (χ0v) is 10.0. The Labute approximate surface area is 85.4 Å². The Kier molecular flexibility index (Phi) is 6.46. The smallest absolute Gasteiger partial charge is 0.360 e. The summed E-state index contributed by atoms with van der Waals surface area (Å²) in [5.74, 6) is 0. The quantitative estimate of drug-likeness (QED) is 0.624. The predicted molar refractivity (Wildman–Crippen MR) is 53.6 cm³/mol. The van der Waals surface area contributed by atoms with Gasteiger partial charge in [-0.25, -0.2) is 4.79 Å². The average molecular weight is 222 g/mol. The van der Waals surface area contributed by atoms with E-state index < -0.39 is 8.97 Å². The summed E-state index contributed by atoms with van der Waals surface area (Å²) in [5, 5.41) is 2.64. The lowest BCUT2D eigenvalue weighted by Crippen LogP contribution is -2.61. The minimum absolute atomic E-state index is 0.343. The highest BCUT2D eigenvalue weighted by Gasteiger charge is 2.41. The van der Waals surface area contributed by atoms with Gasteiger partial charge in [-0.1, -0.05) is 6.92 Å². The van der Waals surface area contributed by atoms with E-state index in [2.05, 4.69) is 10.3 Å². The molecule has 0 aromatic heterocycles. The molecule has 0 aromatic carbocycles. The Morgan fingerprint density at radius 3 is 2.07 bits per heavy atom. The Morgan fingerprint density at radius 1 is 1.21 bits per heavy atom. The molecule has 0 aliphatic rings. The van der Waals surface area contributed by atoms with Crippen LogP contribution in [-0.2, 0) is 13.3 Å². The minimum Gasteiger partial charge on any atom is -0.360 e. The van der Waals surface area contributed by atoms with E-state index in [-0.39, 0.29) is 6.03 Å². The number of rotatable bonds is 6. The van der Waals surface area contributed by atoms with Crippen molar-refractivity contribution in [2.24, 2.45) is 0 Å². The fraction of sp³-hybridized carbons (Fsp3) is 0.857. The first-order valence-corrected chi connectivity index (χ1v) is 6.08. The Hall–Kier alpha value is -0.633. The average Bonchev–Trinajstić information content (AvgIpc) is 2.23.